The Morgan fingerprint density at radius 2 is 2.09 bits per heavy atom. The summed E-state index contributed by atoms with van der Waals surface area (Å²) in [4.78, 5) is 12.5. The first-order valence-corrected chi connectivity index (χ1v) is 8.27. The van der Waals surface area contributed by atoms with Gasteiger partial charge in [0.1, 0.15) is 11.4 Å². The third-order valence-electron chi connectivity index (χ3n) is 4.13. The van der Waals surface area contributed by atoms with Crippen molar-refractivity contribution in [3.63, 3.8) is 0 Å². The van der Waals surface area contributed by atoms with Gasteiger partial charge >= 0.3 is 0 Å². The van der Waals surface area contributed by atoms with Crippen LogP contribution in [0.4, 0.5) is 0 Å². The van der Waals surface area contributed by atoms with E-state index in [4.69, 9.17) is 0 Å². The molecule has 2 atom stereocenters. The van der Waals surface area contributed by atoms with Crippen molar-refractivity contribution in [1.29, 1.82) is 0 Å². The third-order valence-corrected chi connectivity index (χ3v) is 4.90. The van der Waals surface area contributed by atoms with Gasteiger partial charge in [-0.25, -0.2) is 0 Å². The number of piperidine rings is 1. The van der Waals surface area contributed by atoms with Crippen molar-refractivity contribution < 1.29 is 4.79 Å². The van der Waals surface area contributed by atoms with Gasteiger partial charge in [-0.15, -0.1) is 12.4 Å². The van der Waals surface area contributed by atoms with Crippen molar-refractivity contribution in [2.75, 3.05) is 13.1 Å². The molecule has 23 heavy (non-hydrogen) atoms. The van der Waals surface area contributed by atoms with E-state index in [0.717, 1.165) is 30.8 Å². The fourth-order valence-electron chi connectivity index (χ4n) is 2.69. The van der Waals surface area contributed by atoms with Crippen LogP contribution in [-0.4, -0.2) is 35.2 Å². The van der Waals surface area contributed by atoms with E-state index in [0.29, 0.717) is 16.1 Å². The Kier molecular flexibility index (Phi) is 6.21. The van der Waals surface area contributed by atoms with Crippen LogP contribution in [-0.2, 0) is 0 Å². The first kappa shape index (κ1) is 18.0. The van der Waals surface area contributed by atoms with Gasteiger partial charge in [-0.1, -0.05) is 37.3 Å². The lowest BCUT2D eigenvalue weighted by atomic mass is 9.95. The van der Waals surface area contributed by atoms with Gasteiger partial charge < -0.3 is 10.6 Å². The number of amides is 1. The fourth-order valence-corrected chi connectivity index (χ4v) is 3.28. The number of carbonyl (C=O) groups excluding carboxylic acids is 1. The normalized spacial score (nSPS) is 20.6. The van der Waals surface area contributed by atoms with Gasteiger partial charge in [0.25, 0.3) is 5.91 Å². The Morgan fingerprint density at radius 1 is 1.35 bits per heavy atom. The Morgan fingerprint density at radius 3 is 2.78 bits per heavy atom. The van der Waals surface area contributed by atoms with E-state index in [2.05, 4.69) is 43.7 Å². The summed E-state index contributed by atoms with van der Waals surface area (Å²) < 4.78 is 0.702. The zero-order chi connectivity index (χ0) is 15.5. The van der Waals surface area contributed by atoms with Crippen LogP contribution in [0.2, 0.25) is 0 Å². The molecule has 1 aliphatic rings. The summed E-state index contributed by atoms with van der Waals surface area (Å²) in [6.45, 7) is 3.99. The van der Waals surface area contributed by atoms with E-state index in [1.165, 1.54) is 0 Å². The number of H-pyrrole nitrogens is 1. The van der Waals surface area contributed by atoms with Gasteiger partial charge in [-0.3, -0.25) is 9.89 Å². The molecule has 1 aromatic heterocycles. The van der Waals surface area contributed by atoms with Crippen molar-refractivity contribution in [2.45, 2.75) is 19.4 Å². The van der Waals surface area contributed by atoms with Crippen LogP contribution < -0.4 is 10.6 Å². The molecule has 7 heteroatoms. The molecule has 1 aromatic carbocycles. The molecule has 2 unspecified atom stereocenters. The number of carbonyl (C=O) groups is 1. The molecule has 0 aliphatic carbocycles. The maximum Gasteiger partial charge on any atom is 0.270 e. The first-order chi connectivity index (χ1) is 10.7. The average molecular weight is 400 g/mol. The molecule has 2 aromatic rings. The number of benzene rings is 1. The molecule has 124 valence electrons. The Labute approximate surface area is 150 Å². The maximum absolute atomic E-state index is 12.5. The molecule has 5 nitrogen and oxygen atoms in total. The Bertz CT molecular complexity index is 661. The summed E-state index contributed by atoms with van der Waals surface area (Å²) in [5.41, 5.74) is 2.19. The van der Waals surface area contributed by atoms with Crippen molar-refractivity contribution >= 4 is 34.2 Å². The molecule has 3 N–H and O–H groups in total. The maximum atomic E-state index is 12.5. The van der Waals surface area contributed by atoms with Gasteiger partial charge in [0, 0.05) is 18.2 Å². The second kappa shape index (κ2) is 7.95. The summed E-state index contributed by atoms with van der Waals surface area (Å²) in [5.74, 6) is 0.350. The molecule has 1 fully saturated rings. The van der Waals surface area contributed by atoms with Crippen LogP contribution in [0.3, 0.4) is 0 Å². The molecule has 0 saturated carbocycles. The number of nitrogens with zero attached hydrogens (tertiary/aromatic N) is 1. The summed E-state index contributed by atoms with van der Waals surface area (Å²) in [5, 5.41) is 13.5. The summed E-state index contributed by atoms with van der Waals surface area (Å²) in [6.07, 6.45) is 1.07. The topological polar surface area (TPSA) is 69.8 Å². The lowest BCUT2D eigenvalue weighted by Gasteiger charge is -2.30. The minimum atomic E-state index is -0.123. The molecular weight excluding hydrogens is 380 g/mol. The van der Waals surface area contributed by atoms with Gasteiger partial charge in [0.05, 0.1) is 4.47 Å². The number of aromatic nitrogens is 2. The van der Waals surface area contributed by atoms with E-state index >= 15 is 0 Å². The lowest BCUT2D eigenvalue weighted by molar-refractivity contribution is 0.0909. The predicted molar refractivity (Wildman–Crippen MR) is 96.9 cm³/mol. The molecule has 1 aliphatic heterocycles. The van der Waals surface area contributed by atoms with E-state index < -0.39 is 0 Å². The Hall–Kier alpha value is -1.37. The smallest absolute Gasteiger partial charge is 0.270 e. The SMILES string of the molecule is CC1CCNCC1NC(=O)c1[nH]nc(-c2ccccc2)c1Br.Cl. The molecule has 0 spiro atoms. The zero-order valence-corrected chi connectivity index (χ0v) is 15.2. The molecule has 0 bridgehead atoms. The number of rotatable bonds is 3. The van der Waals surface area contributed by atoms with E-state index in [1.54, 1.807) is 0 Å². The lowest BCUT2D eigenvalue weighted by Crippen LogP contribution is -2.50. The van der Waals surface area contributed by atoms with Gasteiger partial charge in [0.2, 0.25) is 0 Å². The number of hydrogen-bond donors (Lipinski definition) is 3. The van der Waals surface area contributed by atoms with Crippen molar-refractivity contribution in [1.82, 2.24) is 20.8 Å². The molecule has 1 saturated heterocycles. The number of nitrogens with one attached hydrogen (secondary N) is 3. The van der Waals surface area contributed by atoms with E-state index in [9.17, 15) is 4.79 Å². The van der Waals surface area contributed by atoms with Crippen LogP contribution in [0.15, 0.2) is 34.8 Å². The number of hydrogen-bond acceptors (Lipinski definition) is 3. The largest absolute Gasteiger partial charge is 0.346 e. The first-order valence-electron chi connectivity index (χ1n) is 7.47. The number of aromatic amines is 1. The zero-order valence-electron chi connectivity index (χ0n) is 12.8. The van der Waals surface area contributed by atoms with Crippen molar-refractivity contribution in [3.8, 4) is 11.3 Å². The molecule has 2 heterocycles. The standard InChI is InChI=1S/C16H19BrN4O.ClH/c1-10-7-8-18-9-12(10)19-16(22)15-13(17)14(20-21-15)11-5-3-2-4-6-11;/h2-6,10,12,18H,7-9H2,1H3,(H,19,22)(H,20,21);1H. The summed E-state index contributed by atoms with van der Waals surface area (Å²) in [6, 6.07) is 9.94. The summed E-state index contributed by atoms with van der Waals surface area (Å²) in [7, 11) is 0. The number of halogens is 2. The average Bonchev–Trinajstić information content (AvgIpc) is 2.92. The highest BCUT2D eigenvalue weighted by Crippen LogP contribution is 2.28. The molecule has 3 rings (SSSR count). The monoisotopic (exact) mass is 398 g/mol. The van der Waals surface area contributed by atoms with Crippen LogP contribution in [0.25, 0.3) is 11.3 Å². The van der Waals surface area contributed by atoms with E-state index in [-0.39, 0.29) is 24.4 Å². The van der Waals surface area contributed by atoms with Crippen molar-refractivity contribution in [3.05, 3.63) is 40.5 Å². The van der Waals surface area contributed by atoms with E-state index in [1.807, 2.05) is 30.3 Å². The fraction of sp³-hybridized carbons (Fsp3) is 0.375. The third kappa shape index (κ3) is 3.94. The highest BCUT2D eigenvalue weighted by molar-refractivity contribution is 9.10. The van der Waals surface area contributed by atoms with Crippen molar-refractivity contribution in [2.24, 2.45) is 5.92 Å². The predicted octanol–water partition coefficient (Wildman–Crippen LogP) is 2.99. The van der Waals surface area contributed by atoms with Crippen LogP contribution >= 0.6 is 28.3 Å². The van der Waals surface area contributed by atoms with Crippen LogP contribution in [0.5, 0.6) is 0 Å². The Balaban J connectivity index is 0.00000192. The van der Waals surface area contributed by atoms with Crippen LogP contribution in [0, 0.1) is 5.92 Å². The highest BCUT2D eigenvalue weighted by atomic mass is 79.9. The minimum Gasteiger partial charge on any atom is -0.346 e. The van der Waals surface area contributed by atoms with Gasteiger partial charge in [-0.05, 0) is 34.8 Å². The second-order valence-electron chi connectivity index (χ2n) is 5.68. The molecular formula is C16H20BrClN4O. The van der Waals surface area contributed by atoms with Gasteiger partial charge in [-0.2, -0.15) is 5.10 Å². The second-order valence-corrected chi connectivity index (χ2v) is 6.47. The quantitative estimate of drug-likeness (QED) is 0.743. The van der Waals surface area contributed by atoms with Crippen LogP contribution in [0.1, 0.15) is 23.8 Å². The highest BCUT2D eigenvalue weighted by Gasteiger charge is 2.25. The van der Waals surface area contributed by atoms with Gasteiger partial charge in [0.15, 0.2) is 0 Å². The minimum absolute atomic E-state index is 0. The summed E-state index contributed by atoms with van der Waals surface area (Å²) >= 11 is 3.50. The molecule has 0 radical (unpaired) electrons. The molecule has 1 amide bonds.